The van der Waals surface area contributed by atoms with E-state index in [0.29, 0.717) is 25.7 Å². The number of carbonyl (C=O) groups is 4. The molecule has 6 atom stereocenters. The minimum atomic E-state index is -1.91. The Morgan fingerprint density at radius 2 is 0.771 bits per heavy atom. The Kier molecular flexibility index (Phi) is 54.4. The second-order valence-electron chi connectivity index (χ2n) is 23.1. The Hall–Kier alpha value is -3.84. The molecule has 12 nitrogen and oxygen atoms in total. The lowest BCUT2D eigenvalue weighted by Gasteiger charge is -2.40. The molecule has 0 saturated carbocycles. The third-order valence-corrected chi connectivity index (χ3v) is 15.3. The van der Waals surface area contributed by atoms with Gasteiger partial charge in [-0.2, -0.15) is 0 Å². The molecular weight excluding hydrogens is 1040 g/mol. The fourth-order valence-electron chi connectivity index (χ4n) is 10.1. The molecule has 0 bridgehead atoms. The molecule has 1 fully saturated rings. The molecule has 0 amide bonds. The number of aliphatic carboxylic acids is 1. The summed E-state index contributed by atoms with van der Waals surface area (Å²) < 4.78 is 28.5. The van der Waals surface area contributed by atoms with Crippen LogP contribution in [-0.4, -0.2) is 89.2 Å². The maximum Gasteiger partial charge on any atom is 0.335 e. The molecule has 3 N–H and O–H groups in total. The van der Waals surface area contributed by atoms with E-state index < -0.39 is 67.3 Å². The molecule has 0 spiro atoms. The van der Waals surface area contributed by atoms with Gasteiger partial charge in [0.1, 0.15) is 18.8 Å². The van der Waals surface area contributed by atoms with Gasteiger partial charge in [0.05, 0.1) is 6.61 Å². The molecule has 12 heteroatoms. The van der Waals surface area contributed by atoms with E-state index in [-0.39, 0.29) is 25.9 Å². The van der Waals surface area contributed by atoms with Crippen molar-refractivity contribution in [1.82, 2.24) is 0 Å². The van der Waals surface area contributed by atoms with Crippen molar-refractivity contribution in [3.05, 3.63) is 72.9 Å². The molecule has 1 aliphatic heterocycles. The molecule has 0 radical (unpaired) electrons. The van der Waals surface area contributed by atoms with Crippen LogP contribution in [0.3, 0.4) is 0 Å². The van der Waals surface area contributed by atoms with Gasteiger partial charge >= 0.3 is 23.9 Å². The van der Waals surface area contributed by atoms with Crippen molar-refractivity contribution < 1.29 is 58.2 Å². The Bertz CT molecular complexity index is 1720. The Morgan fingerprint density at radius 1 is 0.410 bits per heavy atom. The minimum Gasteiger partial charge on any atom is -0.479 e. The number of ether oxygens (including phenoxy) is 5. The number of carboxylic acid groups (broad SMARTS) is 1. The second-order valence-corrected chi connectivity index (χ2v) is 23.1. The summed E-state index contributed by atoms with van der Waals surface area (Å²) in [5.74, 6) is -3.18. The lowest BCUT2D eigenvalue weighted by molar-refractivity contribution is -0.301. The summed E-state index contributed by atoms with van der Waals surface area (Å²) in [5, 5.41) is 31.6. The fraction of sp³-hybridized carbons (Fsp3) is 0.775. The van der Waals surface area contributed by atoms with E-state index in [4.69, 9.17) is 23.7 Å². The first kappa shape index (κ1) is 77.2. The molecule has 6 unspecified atom stereocenters. The highest BCUT2D eigenvalue weighted by molar-refractivity contribution is 5.74. The van der Waals surface area contributed by atoms with Crippen molar-refractivity contribution in [3.8, 4) is 0 Å². The number of hydrogen-bond acceptors (Lipinski definition) is 11. The van der Waals surface area contributed by atoms with Gasteiger partial charge in [-0.15, -0.1) is 0 Å². The number of carboxylic acids is 1. The van der Waals surface area contributed by atoms with Crippen LogP contribution in [0.4, 0.5) is 0 Å². The van der Waals surface area contributed by atoms with Crippen LogP contribution in [-0.2, 0) is 42.9 Å². The number of unbranched alkanes of at least 4 members (excludes halogenated alkanes) is 32. The lowest BCUT2D eigenvalue weighted by atomic mass is 9.98. The summed E-state index contributed by atoms with van der Waals surface area (Å²) in [7, 11) is 0. The Balaban J connectivity index is 2.67. The second kappa shape index (κ2) is 58.5. The predicted molar refractivity (Wildman–Crippen MR) is 340 cm³/mol. The third kappa shape index (κ3) is 48.0. The first-order chi connectivity index (χ1) is 40.6. The largest absolute Gasteiger partial charge is 0.479 e. The summed E-state index contributed by atoms with van der Waals surface area (Å²) in [6.07, 6.45) is 62.9. The maximum atomic E-state index is 13.2. The molecule has 1 aliphatic rings. The number of aliphatic hydroxyl groups is 2. The van der Waals surface area contributed by atoms with Gasteiger partial charge in [-0.3, -0.25) is 14.4 Å². The van der Waals surface area contributed by atoms with Crippen LogP contribution in [0.15, 0.2) is 72.9 Å². The average Bonchev–Trinajstić information content (AvgIpc) is 3.58. The molecule has 1 rings (SSSR count). The first-order valence-electron chi connectivity index (χ1n) is 33.9. The van der Waals surface area contributed by atoms with Gasteiger partial charge in [-0.25, -0.2) is 4.79 Å². The van der Waals surface area contributed by atoms with E-state index in [2.05, 4.69) is 87.6 Å². The fourth-order valence-corrected chi connectivity index (χ4v) is 10.1. The number of hydrogen-bond donors (Lipinski definition) is 3. The molecular formula is C71H122O12. The number of esters is 3. The van der Waals surface area contributed by atoms with Crippen molar-refractivity contribution in [3.63, 3.8) is 0 Å². The number of carbonyl (C=O) groups excluding carboxylic acids is 3. The van der Waals surface area contributed by atoms with Crippen LogP contribution in [0.2, 0.25) is 0 Å². The summed E-state index contributed by atoms with van der Waals surface area (Å²) in [6.45, 7) is 5.88. The minimum absolute atomic E-state index is 0.0530. The van der Waals surface area contributed by atoms with Crippen molar-refractivity contribution in [1.29, 1.82) is 0 Å². The summed E-state index contributed by atoms with van der Waals surface area (Å²) in [5.41, 5.74) is 0. The zero-order valence-electron chi connectivity index (χ0n) is 52.9. The van der Waals surface area contributed by atoms with Gasteiger partial charge in [-0.1, -0.05) is 273 Å². The highest BCUT2D eigenvalue weighted by Gasteiger charge is 2.50. The number of allylic oxidation sites excluding steroid dienone is 12. The van der Waals surface area contributed by atoms with Crippen LogP contribution in [0.5, 0.6) is 0 Å². The summed E-state index contributed by atoms with van der Waals surface area (Å²) in [6, 6.07) is 0. The van der Waals surface area contributed by atoms with Crippen LogP contribution in [0.25, 0.3) is 0 Å². The summed E-state index contributed by atoms with van der Waals surface area (Å²) >= 11 is 0. The van der Waals surface area contributed by atoms with Gasteiger partial charge in [0.15, 0.2) is 24.6 Å². The van der Waals surface area contributed by atoms with E-state index >= 15 is 0 Å². The predicted octanol–water partition coefficient (Wildman–Crippen LogP) is 18.5. The maximum absolute atomic E-state index is 13.2. The lowest BCUT2D eigenvalue weighted by Crippen LogP contribution is -2.61. The third-order valence-electron chi connectivity index (χ3n) is 15.3. The standard InChI is InChI=1S/C71H122O12/c1-4-7-10-13-16-19-22-25-28-31-32-35-38-41-44-47-50-53-56-59-65(74)82-69-67(76)66(75)68(70(77)78)83-71(69)80-61-62(81-64(73)58-55-52-49-46-43-40-37-34-30-27-24-21-18-15-12-9-6-3)60-79-63(72)57-54-51-48-45-42-39-36-33-29-26-23-20-17-14-11-8-5-2/h8,11,17,20,25-26,28-29,36,39,45,48,62,66-69,71,75-76H,4-7,9-10,12-16,18-19,21-24,27,30-35,37-38,40-44,46-47,49-61H2,1-3H3,(H,77,78)/b11-8-,20-17-,28-25-,29-26-,39-36-,48-45-. The van der Waals surface area contributed by atoms with Crippen LogP contribution < -0.4 is 0 Å². The number of aliphatic hydroxyl groups excluding tert-OH is 2. The molecule has 0 aromatic carbocycles. The smallest absolute Gasteiger partial charge is 0.335 e. The molecule has 0 aromatic heterocycles. The quantitative estimate of drug-likeness (QED) is 0.0228. The van der Waals surface area contributed by atoms with Crippen molar-refractivity contribution >= 4 is 23.9 Å². The molecule has 478 valence electrons. The number of rotatable bonds is 58. The Morgan fingerprint density at radius 3 is 1.20 bits per heavy atom. The van der Waals surface area contributed by atoms with Crippen LogP contribution >= 0.6 is 0 Å². The molecule has 1 heterocycles. The van der Waals surface area contributed by atoms with Crippen LogP contribution in [0.1, 0.15) is 303 Å². The molecule has 0 aromatic rings. The monoisotopic (exact) mass is 1170 g/mol. The molecule has 83 heavy (non-hydrogen) atoms. The van der Waals surface area contributed by atoms with Gasteiger partial charge in [-0.05, 0) is 83.5 Å². The van der Waals surface area contributed by atoms with Gasteiger partial charge < -0.3 is 39.0 Å². The van der Waals surface area contributed by atoms with E-state index in [0.717, 1.165) is 83.5 Å². The average molecular weight is 1170 g/mol. The van der Waals surface area contributed by atoms with E-state index in [1.54, 1.807) is 0 Å². The van der Waals surface area contributed by atoms with Crippen LogP contribution in [0, 0.1) is 0 Å². The van der Waals surface area contributed by atoms with E-state index in [1.807, 2.05) is 6.08 Å². The normalized spacial score (nSPS) is 18.0. The molecule has 1 saturated heterocycles. The SMILES string of the molecule is CC/C=C\C/C=C\C/C=C\C/C=C\C/C=C\CCCC(=O)OCC(COC1OC(C(=O)O)C(O)C(O)C1OC(=O)CCCCCCCCCCC/C=C\CCCCCCCC)OC(=O)CCCCCCCCCCCCCCCCCCC. The highest BCUT2D eigenvalue weighted by atomic mass is 16.7. The van der Waals surface area contributed by atoms with Gasteiger partial charge in [0.2, 0.25) is 0 Å². The highest BCUT2D eigenvalue weighted by Crippen LogP contribution is 2.27. The zero-order valence-corrected chi connectivity index (χ0v) is 52.9. The van der Waals surface area contributed by atoms with E-state index in [1.165, 1.54) is 154 Å². The van der Waals surface area contributed by atoms with Crippen molar-refractivity contribution in [2.24, 2.45) is 0 Å². The van der Waals surface area contributed by atoms with Gasteiger partial charge in [0.25, 0.3) is 0 Å². The van der Waals surface area contributed by atoms with Crippen molar-refractivity contribution in [2.75, 3.05) is 13.2 Å². The molecule has 0 aliphatic carbocycles. The Labute approximate surface area is 506 Å². The summed E-state index contributed by atoms with van der Waals surface area (Å²) in [4.78, 5) is 51.4. The first-order valence-corrected chi connectivity index (χ1v) is 33.9. The van der Waals surface area contributed by atoms with Crippen molar-refractivity contribution in [2.45, 2.75) is 340 Å². The topological polar surface area (TPSA) is 175 Å². The zero-order chi connectivity index (χ0) is 60.3. The van der Waals surface area contributed by atoms with Gasteiger partial charge in [0, 0.05) is 19.3 Å². The van der Waals surface area contributed by atoms with E-state index in [9.17, 15) is 34.5 Å².